The van der Waals surface area contributed by atoms with Crippen LogP contribution >= 0.6 is 27.5 Å². The SMILES string of the molecule is CCNC(c1ccc(Cl)cc1F)c1cccc(C)c1Br. The summed E-state index contributed by atoms with van der Waals surface area (Å²) in [6, 6.07) is 10.6. The van der Waals surface area contributed by atoms with Crippen molar-refractivity contribution in [3.63, 3.8) is 0 Å². The second kappa shape index (κ2) is 6.70. The molecule has 4 heteroatoms. The molecule has 0 aliphatic carbocycles. The number of nitrogens with one attached hydrogen (secondary N) is 1. The first-order valence-electron chi connectivity index (χ1n) is 6.48. The van der Waals surface area contributed by atoms with Crippen molar-refractivity contribution < 1.29 is 4.39 Å². The fourth-order valence-electron chi connectivity index (χ4n) is 2.22. The number of hydrogen-bond acceptors (Lipinski definition) is 1. The summed E-state index contributed by atoms with van der Waals surface area (Å²) < 4.78 is 15.2. The molecule has 0 radical (unpaired) electrons. The third-order valence-corrected chi connectivity index (χ3v) is 4.53. The van der Waals surface area contributed by atoms with Gasteiger partial charge in [0.15, 0.2) is 0 Å². The number of rotatable bonds is 4. The molecule has 0 aliphatic rings. The van der Waals surface area contributed by atoms with Crippen LogP contribution in [0.4, 0.5) is 4.39 Å². The van der Waals surface area contributed by atoms with Crippen LogP contribution < -0.4 is 5.32 Å². The lowest BCUT2D eigenvalue weighted by molar-refractivity contribution is 0.558. The van der Waals surface area contributed by atoms with E-state index in [1.54, 1.807) is 12.1 Å². The van der Waals surface area contributed by atoms with Gasteiger partial charge in [0, 0.05) is 15.1 Å². The van der Waals surface area contributed by atoms with Gasteiger partial charge in [-0.15, -0.1) is 0 Å². The van der Waals surface area contributed by atoms with Gasteiger partial charge in [-0.1, -0.05) is 58.7 Å². The Hall–Kier alpha value is -0.900. The Morgan fingerprint density at radius 2 is 2.00 bits per heavy atom. The lowest BCUT2D eigenvalue weighted by Crippen LogP contribution is -2.23. The second-order valence-corrected chi connectivity index (χ2v) is 5.86. The summed E-state index contributed by atoms with van der Waals surface area (Å²) >= 11 is 9.43. The van der Waals surface area contributed by atoms with Crippen LogP contribution in [-0.4, -0.2) is 6.54 Å². The molecule has 0 saturated carbocycles. The molecule has 106 valence electrons. The molecule has 0 heterocycles. The van der Waals surface area contributed by atoms with Crippen LogP contribution in [0.5, 0.6) is 0 Å². The highest BCUT2D eigenvalue weighted by molar-refractivity contribution is 9.10. The van der Waals surface area contributed by atoms with Gasteiger partial charge in [0.05, 0.1) is 6.04 Å². The highest BCUT2D eigenvalue weighted by atomic mass is 79.9. The Labute approximate surface area is 132 Å². The van der Waals surface area contributed by atoms with Gasteiger partial charge in [-0.05, 0) is 36.7 Å². The molecule has 1 unspecified atom stereocenters. The van der Waals surface area contributed by atoms with Crippen LogP contribution in [0.15, 0.2) is 40.9 Å². The van der Waals surface area contributed by atoms with Gasteiger partial charge in [-0.3, -0.25) is 0 Å². The normalized spacial score (nSPS) is 12.4. The molecular formula is C16H16BrClFN. The van der Waals surface area contributed by atoms with Crippen LogP contribution in [0.25, 0.3) is 0 Å². The highest BCUT2D eigenvalue weighted by Crippen LogP contribution is 2.32. The minimum Gasteiger partial charge on any atom is -0.306 e. The fourth-order valence-corrected chi connectivity index (χ4v) is 2.87. The van der Waals surface area contributed by atoms with Crippen molar-refractivity contribution in [1.82, 2.24) is 5.32 Å². The standard InChI is InChI=1S/C16H16BrClFN/c1-3-20-16(12-8-7-11(18)9-14(12)19)13-6-4-5-10(2)15(13)17/h4-9,16,20H,3H2,1-2H3. The summed E-state index contributed by atoms with van der Waals surface area (Å²) in [7, 11) is 0. The largest absolute Gasteiger partial charge is 0.306 e. The van der Waals surface area contributed by atoms with E-state index in [1.807, 2.05) is 32.0 Å². The van der Waals surface area contributed by atoms with Crippen molar-refractivity contribution in [3.05, 3.63) is 68.4 Å². The quantitative estimate of drug-likeness (QED) is 0.789. The Morgan fingerprint density at radius 3 is 2.65 bits per heavy atom. The van der Waals surface area contributed by atoms with Crippen LogP contribution in [0.3, 0.4) is 0 Å². The average Bonchev–Trinajstić information content (AvgIpc) is 2.40. The molecule has 2 aromatic rings. The molecule has 0 saturated heterocycles. The van der Waals surface area contributed by atoms with Crippen LogP contribution in [0.1, 0.15) is 29.7 Å². The van der Waals surface area contributed by atoms with Crippen LogP contribution in [0.2, 0.25) is 5.02 Å². The maximum absolute atomic E-state index is 14.2. The third kappa shape index (κ3) is 3.22. The minimum atomic E-state index is -0.295. The first-order chi connectivity index (χ1) is 9.54. The summed E-state index contributed by atoms with van der Waals surface area (Å²) in [6.07, 6.45) is 0. The van der Waals surface area contributed by atoms with Crippen molar-refractivity contribution in [2.45, 2.75) is 19.9 Å². The molecule has 0 spiro atoms. The van der Waals surface area contributed by atoms with Crippen molar-refractivity contribution in [1.29, 1.82) is 0 Å². The smallest absolute Gasteiger partial charge is 0.129 e. The monoisotopic (exact) mass is 355 g/mol. The van der Waals surface area contributed by atoms with E-state index in [0.717, 1.165) is 22.1 Å². The van der Waals surface area contributed by atoms with Gasteiger partial charge in [-0.2, -0.15) is 0 Å². The lowest BCUT2D eigenvalue weighted by Gasteiger charge is -2.21. The Balaban J connectivity index is 2.53. The summed E-state index contributed by atoms with van der Waals surface area (Å²) in [5, 5.41) is 3.74. The summed E-state index contributed by atoms with van der Waals surface area (Å²) in [6.45, 7) is 4.77. The van der Waals surface area contributed by atoms with E-state index >= 15 is 0 Å². The van der Waals surface area contributed by atoms with Gasteiger partial charge in [0.25, 0.3) is 0 Å². The zero-order valence-corrected chi connectivity index (χ0v) is 13.7. The van der Waals surface area contributed by atoms with Gasteiger partial charge in [0.2, 0.25) is 0 Å². The summed E-state index contributed by atoms with van der Waals surface area (Å²) in [5.41, 5.74) is 2.75. The van der Waals surface area contributed by atoms with Crippen LogP contribution in [-0.2, 0) is 0 Å². The van der Waals surface area contributed by atoms with Gasteiger partial charge >= 0.3 is 0 Å². The van der Waals surface area contributed by atoms with Gasteiger partial charge < -0.3 is 5.32 Å². The molecule has 0 aliphatic heterocycles. The van der Waals surface area contributed by atoms with Crippen molar-refractivity contribution in [3.8, 4) is 0 Å². The van der Waals surface area contributed by atoms with E-state index in [4.69, 9.17) is 11.6 Å². The molecule has 2 aromatic carbocycles. The van der Waals surface area contributed by atoms with E-state index in [0.29, 0.717) is 10.6 Å². The van der Waals surface area contributed by atoms with Crippen molar-refractivity contribution in [2.75, 3.05) is 6.54 Å². The molecule has 1 N–H and O–H groups in total. The first kappa shape index (κ1) is 15.5. The van der Waals surface area contributed by atoms with Gasteiger partial charge in [0.1, 0.15) is 5.82 Å². The van der Waals surface area contributed by atoms with Crippen molar-refractivity contribution >= 4 is 27.5 Å². The predicted molar refractivity (Wildman–Crippen MR) is 85.8 cm³/mol. The molecule has 2 rings (SSSR count). The molecule has 0 amide bonds. The lowest BCUT2D eigenvalue weighted by atomic mass is 9.97. The Kier molecular flexibility index (Phi) is 5.19. The molecule has 0 bridgehead atoms. The molecule has 0 aromatic heterocycles. The van der Waals surface area contributed by atoms with E-state index in [1.165, 1.54) is 6.07 Å². The minimum absolute atomic E-state index is 0.202. The third-order valence-electron chi connectivity index (χ3n) is 3.21. The first-order valence-corrected chi connectivity index (χ1v) is 7.65. The fraction of sp³-hybridized carbons (Fsp3) is 0.250. The maximum Gasteiger partial charge on any atom is 0.129 e. The molecule has 20 heavy (non-hydrogen) atoms. The second-order valence-electron chi connectivity index (χ2n) is 4.63. The Bertz CT molecular complexity index is 615. The number of halogens is 3. The maximum atomic E-state index is 14.2. The van der Waals surface area contributed by atoms with E-state index in [-0.39, 0.29) is 11.9 Å². The number of hydrogen-bond donors (Lipinski definition) is 1. The zero-order valence-electron chi connectivity index (χ0n) is 11.4. The number of benzene rings is 2. The molecule has 1 atom stereocenters. The number of aryl methyl sites for hydroxylation is 1. The summed E-state index contributed by atoms with van der Waals surface area (Å²) in [5.74, 6) is -0.295. The highest BCUT2D eigenvalue weighted by Gasteiger charge is 2.20. The summed E-state index contributed by atoms with van der Waals surface area (Å²) in [4.78, 5) is 0. The van der Waals surface area contributed by atoms with Gasteiger partial charge in [-0.25, -0.2) is 4.39 Å². The van der Waals surface area contributed by atoms with E-state index in [9.17, 15) is 4.39 Å². The van der Waals surface area contributed by atoms with Crippen molar-refractivity contribution in [2.24, 2.45) is 0 Å². The average molecular weight is 357 g/mol. The van der Waals surface area contributed by atoms with E-state index < -0.39 is 0 Å². The topological polar surface area (TPSA) is 12.0 Å². The molecular weight excluding hydrogens is 341 g/mol. The zero-order chi connectivity index (χ0) is 14.7. The van der Waals surface area contributed by atoms with Crippen LogP contribution in [0, 0.1) is 12.7 Å². The Morgan fingerprint density at radius 1 is 1.25 bits per heavy atom. The molecule has 0 fully saturated rings. The van der Waals surface area contributed by atoms with E-state index in [2.05, 4.69) is 21.2 Å². The molecule has 1 nitrogen and oxygen atoms in total. The predicted octanol–water partition coefficient (Wildman–Crippen LogP) is 5.25.